The fourth-order valence-corrected chi connectivity index (χ4v) is 5.19. The van der Waals surface area contributed by atoms with Gasteiger partial charge in [0.05, 0.1) is 17.0 Å². The molecule has 0 aromatic heterocycles. The molecule has 0 amide bonds. The van der Waals surface area contributed by atoms with Gasteiger partial charge in [-0.25, -0.2) is 13.1 Å². The van der Waals surface area contributed by atoms with Crippen molar-refractivity contribution in [2.24, 2.45) is 5.92 Å². The van der Waals surface area contributed by atoms with Crippen molar-refractivity contribution in [3.8, 4) is 0 Å². The monoisotopic (exact) mass is 359 g/mol. The second kappa shape index (κ2) is 5.40. The van der Waals surface area contributed by atoms with E-state index in [-0.39, 0.29) is 12.1 Å². The van der Waals surface area contributed by atoms with Crippen LogP contribution in [-0.4, -0.2) is 27.2 Å². The Morgan fingerprint density at radius 2 is 2.05 bits per heavy atom. The molecule has 2 unspecified atom stereocenters. The quantitative estimate of drug-likeness (QED) is 0.898. The first-order valence-corrected chi connectivity index (χ1v) is 9.15. The van der Waals surface area contributed by atoms with Crippen molar-refractivity contribution in [2.75, 3.05) is 6.61 Å². The van der Waals surface area contributed by atoms with Gasteiger partial charge in [0.2, 0.25) is 10.0 Å². The summed E-state index contributed by atoms with van der Waals surface area (Å²) in [5.74, 6) is 0.534. The highest BCUT2D eigenvalue weighted by Gasteiger charge is 2.42. The van der Waals surface area contributed by atoms with Crippen LogP contribution in [0.5, 0.6) is 0 Å². The highest BCUT2D eigenvalue weighted by molar-refractivity contribution is 9.10. The van der Waals surface area contributed by atoms with Crippen molar-refractivity contribution in [1.29, 1.82) is 0 Å². The van der Waals surface area contributed by atoms with E-state index in [1.165, 1.54) is 0 Å². The molecular formula is C14H18BrNO3S. The van der Waals surface area contributed by atoms with Crippen LogP contribution in [0, 0.1) is 12.8 Å². The predicted octanol–water partition coefficient (Wildman–Crippen LogP) is 2.60. The van der Waals surface area contributed by atoms with Crippen LogP contribution < -0.4 is 4.72 Å². The number of hydrogen-bond donors (Lipinski definition) is 1. The highest BCUT2D eigenvalue weighted by Crippen LogP contribution is 2.39. The molecule has 2 aliphatic rings. The Bertz CT molecular complexity index is 613. The molecule has 4 nitrogen and oxygen atoms in total. The minimum atomic E-state index is -3.51. The maximum atomic E-state index is 12.5. The van der Waals surface area contributed by atoms with E-state index >= 15 is 0 Å². The summed E-state index contributed by atoms with van der Waals surface area (Å²) < 4.78 is 34.1. The first kappa shape index (κ1) is 14.5. The molecule has 1 heterocycles. The largest absolute Gasteiger partial charge is 0.376 e. The zero-order chi connectivity index (χ0) is 14.3. The molecule has 0 radical (unpaired) electrons. The molecule has 1 aromatic rings. The fraction of sp³-hybridized carbons (Fsp3) is 0.571. The van der Waals surface area contributed by atoms with E-state index in [0.717, 1.165) is 24.8 Å². The summed E-state index contributed by atoms with van der Waals surface area (Å²) in [7, 11) is -3.51. The number of sulfonamides is 1. The molecule has 2 fully saturated rings. The Kier molecular flexibility index (Phi) is 3.92. The Balaban J connectivity index is 1.81. The van der Waals surface area contributed by atoms with Crippen LogP contribution >= 0.6 is 15.9 Å². The first-order valence-electron chi connectivity index (χ1n) is 6.87. The SMILES string of the molecule is Cc1ccc(S(=O)(=O)NC2CCOC2C2CC2)c(Br)c1. The second-order valence-corrected chi connectivity index (χ2v) is 8.16. The summed E-state index contributed by atoms with van der Waals surface area (Å²) >= 11 is 3.34. The molecule has 1 saturated heterocycles. The van der Waals surface area contributed by atoms with Crippen molar-refractivity contribution < 1.29 is 13.2 Å². The molecule has 20 heavy (non-hydrogen) atoms. The van der Waals surface area contributed by atoms with Gasteiger partial charge in [-0.1, -0.05) is 6.07 Å². The summed E-state index contributed by atoms with van der Waals surface area (Å²) in [6.07, 6.45) is 3.10. The molecule has 1 N–H and O–H groups in total. The van der Waals surface area contributed by atoms with E-state index in [9.17, 15) is 8.42 Å². The number of ether oxygens (including phenoxy) is 1. The van der Waals surface area contributed by atoms with Crippen LogP contribution in [0.3, 0.4) is 0 Å². The van der Waals surface area contributed by atoms with E-state index < -0.39 is 10.0 Å². The smallest absolute Gasteiger partial charge is 0.242 e. The van der Waals surface area contributed by atoms with Gasteiger partial charge in [-0.3, -0.25) is 0 Å². The van der Waals surface area contributed by atoms with Gasteiger partial charge in [0.25, 0.3) is 0 Å². The molecule has 3 rings (SSSR count). The van der Waals surface area contributed by atoms with E-state index in [4.69, 9.17) is 4.74 Å². The van der Waals surface area contributed by atoms with Gasteiger partial charge >= 0.3 is 0 Å². The standard InChI is InChI=1S/C14H18BrNO3S/c1-9-2-5-13(11(15)8-9)20(17,18)16-12-6-7-19-14(12)10-3-4-10/h2,5,8,10,12,14,16H,3-4,6-7H2,1H3. The summed E-state index contributed by atoms with van der Waals surface area (Å²) in [5.41, 5.74) is 1.02. The van der Waals surface area contributed by atoms with Crippen LogP contribution in [0.25, 0.3) is 0 Å². The fourth-order valence-electron chi connectivity index (χ4n) is 2.71. The lowest BCUT2D eigenvalue weighted by Crippen LogP contribution is -2.41. The molecule has 1 aromatic carbocycles. The zero-order valence-electron chi connectivity index (χ0n) is 11.3. The van der Waals surface area contributed by atoms with E-state index in [1.54, 1.807) is 6.07 Å². The first-order chi connectivity index (χ1) is 9.47. The highest BCUT2D eigenvalue weighted by atomic mass is 79.9. The topological polar surface area (TPSA) is 55.4 Å². The Morgan fingerprint density at radius 3 is 2.70 bits per heavy atom. The molecule has 1 saturated carbocycles. The van der Waals surface area contributed by atoms with Crippen molar-refractivity contribution in [2.45, 2.75) is 43.2 Å². The van der Waals surface area contributed by atoms with Crippen LogP contribution in [0.2, 0.25) is 0 Å². The van der Waals surface area contributed by atoms with E-state index in [2.05, 4.69) is 20.7 Å². The van der Waals surface area contributed by atoms with Gasteiger partial charge in [0, 0.05) is 11.1 Å². The van der Waals surface area contributed by atoms with E-state index in [0.29, 0.717) is 21.9 Å². The molecule has 6 heteroatoms. The molecule has 110 valence electrons. The van der Waals surface area contributed by atoms with Crippen molar-refractivity contribution in [1.82, 2.24) is 4.72 Å². The molecule has 0 bridgehead atoms. The number of hydrogen-bond acceptors (Lipinski definition) is 3. The van der Waals surface area contributed by atoms with Crippen molar-refractivity contribution >= 4 is 26.0 Å². The van der Waals surface area contributed by atoms with Gasteiger partial charge in [-0.15, -0.1) is 0 Å². The third-order valence-corrected chi connectivity index (χ3v) is 6.37. The maximum Gasteiger partial charge on any atom is 0.242 e. The third-order valence-electron chi connectivity index (χ3n) is 3.91. The van der Waals surface area contributed by atoms with Crippen molar-refractivity contribution in [3.63, 3.8) is 0 Å². The number of benzene rings is 1. The lowest BCUT2D eigenvalue weighted by atomic mass is 10.1. The van der Waals surface area contributed by atoms with Crippen LogP contribution in [0.15, 0.2) is 27.6 Å². The number of nitrogens with one attached hydrogen (secondary N) is 1. The molecular weight excluding hydrogens is 342 g/mol. The maximum absolute atomic E-state index is 12.5. The lowest BCUT2D eigenvalue weighted by molar-refractivity contribution is 0.0848. The molecule has 1 aliphatic carbocycles. The average molecular weight is 360 g/mol. The van der Waals surface area contributed by atoms with Crippen molar-refractivity contribution in [3.05, 3.63) is 28.2 Å². The summed E-state index contributed by atoms with van der Waals surface area (Å²) in [6.45, 7) is 2.58. The Labute approximate surface area is 128 Å². The van der Waals surface area contributed by atoms with E-state index in [1.807, 2.05) is 19.1 Å². The normalized spacial score (nSPS) is 26.9. The number of rotatable bonds is 4. The minimum absolute atomic E-state index is 0.0500. The molecule has 2 atom stereocenters. The second-order valence-electron chi connectivity index (χ2n) is 5.62. The molecule has 0 spiro atoms. The van der Waals surface area contributed by atoms with Gasteiger partial charge < -0.3 is 4.74 Å². The van der Waals surface area contributed by atoms with Gasteiger partial charge in [-0.05, 0) is 65.7 Å². The Morgan fingerprint density at radius 1 is 1.30 bits per heavy atom. The third kappa shape index (κ3) is 2.93. The van der Waals surface area contributed by atoms with Crippen LogP contribution in [-0.2, 0) is 14.8 Å². The van der Waals surface area contributed by atoms with Gasteiger partial charge in [0.15, 0.2) is 0 Å². The summed E-state index contributed by atoms with van der Waals surface area (Å²) in [4.78, 5) is 0.296. The zero-order valence-corrected chi connectivity index (χ0v) is 13.7. The lowest BCUT2D eigenvalue weighted by Gasteiger charge is -2.20. The Hall–Kier alpha value is -0.430. The molecule has 1 aliphatic heterocycles. The minimum Gasteiger partial charge on any atom is -0.376 e. The number of aryl methyl sites for hydroxylation is 1. The summed E-state index contributed by atoms with van der Waals surface area (Å²) in [6, 6.07) is 5.17. The summed E-state index contributed by atoms with van der Waals surface area (Å²) in [5, 5.41) is 0. The van der Waals surface area contributed by atoms with Gasteiger partial charge in [-0.2, -0.15) is 0 Å². The van der Waals surface area contributed by atoms with Crippen LogP contribution in [0.1, 0.15) is 24.8 Å². The number of halogens is 1. The van der Waals surface area contributed by atoms with Gasteiger partial charge in [0.1, 0.15) is 0 Å². The predicted molar refractivity (Wildman–Crippen MR) is 80.1 cm³/mol. The van der Waals surface area contributed by atoms with Crippen LogP contribution in [0.4, 0.5) is 0 Å². The average Bonchev–Trinajstić information content (AvgIpc) is 3.10.